The summed E-state index contributed by atoms with van der Waals surface area (Å²) in [7, 11) is 4.55. The molecule has 0 spiro atoms. The van der Waals surface area contributed by atoms with Gasteiger partial charge in [-0.1, -0.05) is 18.9 Å². The van der Waals surface area contributed by atoms with Crippen molar-refractivity contribution in [1.82, 2.24) is 29.5 Å². The number of pyridine rings is 3. The van der Waals surface area contributed by atoms with Crippen LogP contribution in [0.1, 0.15) is 63.6 Å². The third kappa shape index (κ3) is 6.54. The molecule has 47 heavy (non-hydrogen) atoms. The average Bonchev–Trinajstić information content (AvgIpc) is 3.90. The first-order chi connectivity index (χ1) is 22.7. The lowest BCUT2D eigenvalue weighted by Gasteiger charge is -2.39. The standard InChI is InChI=1S/C33H41N10PS.CH5N/c1-18(38-26(17-35-4)31-23(7-5-10-37-31)21-12-19(2)43(45)20(3)13-21)11-29(34)40-30-16-25-24(8-6-9-36-25)32(41-30)39-22-14-27-33(44)28(15-22)42(27)33;1-2/h5-11,16-17,19-22,27-28,38,45H,4,12-15,44H2,1-3H3,(H3,34,39,40,41);2H2,1H3/b18-11-,26-17+;. The van der Waals surface area contributed by atoms with Crippen molar-refractivity contribution in [1.29, 1.82) is 0 Å². The second-order valence-corrected chi connectivity index (χ2v) is 14.3. The predicted molar refractivity (Wildman–Crippen MR) is 200 cm³/mol. The topological polar surface area (TPSA) is 146 Å². The number of thiol groups is 1. The first-order valence-corrected chi connectivity index (χ1v) is 17.2. The molecule has 5 fully saturated rings. The van der Waals surface area contributed by atoms with Gasteiger partial charge in [0.1, 0.15) is 11.7 Å². The summed E-state index contributed by atoms with van der Waals surface area (Å²) in [6.07, 6.45) is 11.3. The molecule has 8 rings (SSSR count). The van der Waals surface area contributed by atoms with Crippen molar-refractivity contribution in [3.8, 4) is 0 Å². The number of anilines is 1. The van der Waals surface area contributed by atoms with Gasteiger partial charge in [-0.3, -0.25) is 19.9 Å². The van der Waals surface area contributed by atoms with Crippen LogP contribution in [-0.2, 0) is 0 Å². The number of aromatic nitrogens is 3. The Kier molecular flexibility index (Phi) is 9.69. The summed E-state index contributed by atoms with van der Waals surface area (Å²) in [6, 6.07) is 12.5. The molecule has 2 bridgehead atoms. The molecule has 11 nitrogen and oxygen atoms in total. The molecule has 3 aromatic heterocycles. The van der Waals surface area contributed by atoms with E-state index in [-0.39, 0.29) is 0 Å². The summed E-state index contributed by atoms with van der Waals surface area (Å²) >= 11 is 4.70. The highest BCUT2D eigenvalue weighted by molar-refractivity contribution is 7.77. The molecule has 3 aromatic rings. The number of nitrogens with two attached hydrogens (primary N) is 2. The molecule has 1 saturated carbocycles. The van der Waals surface area contributed by atoms with Crippen LogP contribution in [0.25, 0.3) is 16.6 Å². The maximum absolute atomic E-state index is 6.47. The van der Waals surface area contributed by atoms with Crippen molar-refractivity contribution < 1.29 is 0 Å². The number of hydrogen-bond acceptors (Lipinski definition) is 11. The van der Waals surface area contributed by atoms with Gasteiger partial charge >= 0.3 is 0 Å². The summed E-state index contributed by atoms with van der Waals surface area (Å²) in [5.74, 6) is 1.99. The Morgan fingerprint density at radius 3 is 2.45 bits per heavy atom. The number of allylic oxidation sites excluding steroid dienone is 1. The highest BCUT2D eigenvalue weighted by atomic mass is 32.1. The smallest absolute Gasteiger partial charge is 0.158 e. The lowest BCUT2D eigenvalue weighted by Crippen LogP contribution is -2.40. The molecule has 7 heterocycles. The highest BCUT2D eigenvalue weighted by Gasteiger charge is 2.84. The second-order valence-electron chi connectivity index (χ2n) is 12.9. The fourth-order valence-corrected chi connectivity index (χ4v) is 8.62. The monoisotopic (exact) mass is 671 g/mol. The van der Waals surface area contributed by atoms with Gasteiger partial charge in [0.05, 0.1) is 28.4 Å². The first kappa shape index (κ1) is 33.5. The van der Waals surface area contributed by atoms with Gasteiger partial charge in [0, 0.05) is 59.8 Å². The number of piperidine rings is 2. The van der Waals surface area contributed by atoms with E-state index < -0.39 is 0 Å². The van der Waals surface area contributed by atoms with Crippen molar-refractivity contribution in [3.63, 3.8) is 0 Å². The Bertz CT molecular complexity index is 1720. The maximum atomic E-state index is 6.47. The minimum absolute atomic E-state index is 0.324. The minimum Gasteiger partial charge on any atom is -0.384 e. The zero-order valence-corrected chi connectivity index (χ0v) is 29.6. The molecule has 4 saturated heterocycles. The van der Waals surface area contributed by atoms with Gasteiger partial charge in [-0.2, -0.15) is 0 Å². The molecule has 6 N–H and O–H groups in total. The highest BCUT2D eigenvalue weighted by Crippen LogP contribution is 2.73. The van der Waals surface area contributed by atoms with E-state index in [0.717, 1.165) is 59.5 Å². The number of aliphatic imine (C=N–C) groups is 2. The van der Waals surface area contributed by atoms with Crippen molar-refractivity contribution in [3.05, 3.63) is 72.0 Å². The Balaban J connectivity index is 0.00000190. The van der Waals surface area contributed by atoms with Crippen LogP contribution in [-0.4, -0.2) is 79.2 Å². The van der Waals surface area contributed by atoms with Crippen molar-refractivity contribution >= 4 is 62.8 Å². The molecule has 5 unspecified atom stereocenters. The van der Waals surface area contributed by atoms with Gasteiger partial charge in [0.25, 0.3) is 0 Å². The van der Waals surface area contributed by atoms with E-state index in [9.17, 15) is 0 Å². The van der Waals surface area contributed by atoms with E-state index in [1.165, 1.54) is 12.6 Å². The predicted octanol–water partition coefficient (Wildman–Crippen LogP) is 4.79. The van der Waals surface area contributed by atoms with Crippen molar-refractivity contribution in [2.75, 3.05) is 12.4 Å². The van der Waals surface area contributed by atoms with Crippen LogP contribution in [0.3, 0.4) is 0 Å². The van der Waals surface area contributed by atoms with Gasteiger partial charge in [-0.25, -0.2) is 14.3 Å². The van der Waals surface area contributed by atoms with E-state index in [0.29, 0.717) is 53.1 Å². The number of nitrogens with one attached hydrogen (secondary N) is 2. The molecule has 1 aliphatic carbocycles. The van der Waals surface area contributed by atoms with E-state index in [2.05, 4.69) is 82.5 Å². The fourth-order valence-electron chi connectivity index (χ4n) is 7.62. The van der Waals surface area contributed by atoms with Crippen LogP contribution in [0.4, 0.5) is 11.6 Å². The van der Waals surface area contributed by atoms with Gasteiger partial charge in [-0.15, -0.1) is 9.24 Å². The molecular formula is C34H46N11PS. The fraction of sp³-hybridized carbons (Fsp3) is 0.441. The normalized spacial score (nSPS) is 31.7. The Labute approximate surface area is 285 Å². The zero-order chi connectivity index (χ0) is 33.5. The molecule has 13 heteroatoms. The third-order valence-corrected chi connectivity index (χ3v) is 11.7. The molecule has 0 aromatic carbocycles. The molecule has 248 valence electrons. The van der Waals surface area contributed by atoms with Crippen LogP contribution in [0.2, 0.25) is 0 Å². The number of hydrogen-bond donors (Lipinski definition) is 5. The number of fused-ring (bicyclic) bond motifs is 3. The molecule has 5 aliphatic rings. The van der Waals surface area contributed by atoms with Gasteiger partial charge < -0.3 is 22.1 Å². The van der Waals surface area contributed by atoms with Gasteiger partial charge in [-0.05, 0) is 96.0 Å². The van der Waals surface area contributed by atoms with E-state index >= 15 is 0 Å². The largest absolute Gasteiger partial charge is 0.384 e. The Morgan fingerprint density at radius 1 is 1.11 bits per heavy atom. The summed E-state index contributed by atoms with van der Waals surface area (Å²) in [4.78, 5) is 25.6. The van der Waals surface area contributed by atoms with Crippen LogP contribution < -0.4 is 22.1 Å². The average molecular weight is 672 g/mol. The van der Waals surface area contributed by atoms with Crippen LogP contribution >= 0.6 is 22.1 Å². The summed E-state index contributed by atoms with van der Waals surface area (Å²) in [5.41, 5.74) is 15.4. The lowest BCUT2D eigenvalue weighted by atomic mass is 9.82. The quantitative estimate of drug-likeness (QED) is 0.0713. The van der Waals surface area contributed by atoms with Crippen LogP contribution in [0.15, 0.2) is 70.7 Å². The van der Waals surface area contributed by atoms with Gasteiger partial charge in [0.15, 0.2) is 5.82 Å². The number of rotatable bonds is 9. The van der Waals surface area contributed by atoms with Crippen LogP contribution in [0.5, 0.6) is 0 Å². The maximum Gasteiger partial charge on any atom is 0.158 e. The minimum atomic E-state index is 0.324. The summed E-state index contributed by atoms with van der Waals surface area (Å²) in [6.45, 7) is 10.1. The van der Waals surface area contributed by atoms with Crippen LogP contribution in [0, 0.1) is 0 Å². The summed E-state index contributed by atoms with van der Waals surface area (Å²) < 4.78 is 2.15. The zero-order valence-electron chi connectivity index (χ0n) is 27.5. The second kappa shape index (κ2) is 13.6. The molecule has 4 aliphatic heterocycles. The Hall–Kier alpha value is -3.41. The molecule has 5 atom stereocenters. The third-order valence-electron chi connectivity index (χ3n) is 9.84. The van der Waals surface area contributed by atoms with Crippen molar-refractivity contribution in [2.24, 2.45) is 21.5 Å². The van der Waals surface area contributed by atoms with E-state index in [4.69, 9.17) is 28.5 Å². The SMILES string of the molecule is C=N/C=C(/N/C(C)=C\C(N)=Nc1cc2ncccc2c(NC2CC3N4C(C2)C34P)n1)c1ncccc1C1CC(C)N(S)C(C)C1.CN. The van der Waals surface area contributed by atoms with E-state index in [1.807, 2.05) is 31.3 Å². The molecule has 0 amide bonds. The molecular weight excluding hydrogens is 625 g/mol. The first-order valence-electron chi connectivity index (χ1n) is 16.2. The van der Waals surface area contributed by atoms with Crippen molar-refractivity contribution in [2.45, 2.75) is 87.9 Å². The number of nitrogens with zero attached hydrogens (tertiary/aromatic N) is 7. The van der Waals surface area contributed by atoms with E-state index in [1.54, 1.807) is 18.5 Å². The lowest BCUT2D eigenvalue weighted by molar-refractivity contribution is 0.204. The number of amidine groups is 1. The molecule has 0 radical (unpaired) electrons. The van der Waals surface area contributed by atoms with Gasteiger partial charge in [0.2, 0.25) is 0 Å². The summed E-state index contributed by atoms with van der Waals surface area (Å²) in [5, 5.41) is 8.54. The Morgan fingerprint density at radius 2 is 1.77 bits per heavy atom.